The van der Waals surface area contributed by atoms with Crippen molar-refractivity contribution in [1.82, 2.24) is 5.32 Å². The van der Waals surface area contributed by atoms with E-state index < -0.39 is 17.9 Å². The van der Waals surface area contributed by atoms with Crippen LogP contribution in [0.15, 0.2) is 24.3 Å². The lowest BCUT2D eigenvalue weighted by Crippen LogP contribution is -2.38. The third kappa shape index (κ3) is 3.88. The standard InChI is InChI=1S/C17H22N2O4/c1-4-17(3)9-13(17)15(21)19-12-7-5-11(6-8-12)14(20)18-10(2)16(22)23/h5-8,10,13H,4,9H2,1-3H3,(H,18,20)(H,19,21)(H,22,23). The minimum absolute atomic E-state index is 0.00560. The molecular weight excluding hydrogens is 296 g/mol. The van der Waals surface area contributed by atoms with E-state index in [-0.39, 0.29) is 17.2 Å². The molecule has 0 bridgehead atoms. The zero-order valence-corrected chi connectivity index (χ0v) is 13.6. The van der Waals surface area contributed by atoms with Crippen LogP contribution >= 0.6 is 0 Å². The maximum Gasteiger partial charge on any atom is 0.325 e. The largest absolute Gasteiger partial charge is 0.480 e. The van der Waals surface area contributed by atoms with Gasteiger partial charge in [0.1, 0.15) is 6.04 Å². The van der Waals surface area contributed by atoms with Gasteiger partial charge in [0.25, 0.3) is 5.91 Å². The summed E-state index contributed by atoms with van der Waals surface area (Å²) in [6.07, 6.45) is 1.88. The number of anilines is 1. The number of hydrogen-bond donors (Lipinski definition) is 3. The summed E-state index contributed by atoms with van der Waals surface area (Å²) < 4.78 is 0. The Balaban J connectivity index is 1.93. The topological polar surface area (TPSA) is 95.5 Å². The number of carbonyl (C=O) groups is 3. The predicted molar refractivity (Wildman–Crippen MR) is 86.1 cm³/mol. The van der Waals surface area contributed by atoms with Crippen molar-refractivity contribution < 1.29 is 19.5 Å². The molecule has 1 aliphatic rings. The molecule has 3 unspecified atom stereocenters. The van der Waals surface area contributed by atoms with E-state index in [1.807, 2.05) is 0 Å². The maximum atomic E-state index is 12.1. The van der Waals surface area contributed by atoms with Gasteiger partial charge >= 0.3 is 5.97 Å². The fourth-order valence-corrected chi connectivity index (χ4v) is 2.48. The molecule has 6 nitrogen and oxygen atoms in total. The summed E-state index contributed by atoms with van der Waals surface area (Å²) in [5.41, 5.74) is 1.08. The molecule has 1 aromatic carbocycles. The van der Waals surface area contributed by atoms with Crippen LogP contribution in [-0.4, -0.2) is 28.9 Å². The molecule has 2 amide bonds. The van der Waals surface area contributed by atoms with Gasteiger partial charge in [-0.3, -0.25) is 14.4 Å². The molecule has 1 saturated carbocycles. The summed E-state index contributed by atoms with van der Waals surface area (Å²) in [4.78, 5) is 34.7. The Kier molecular flexibility index (Phi) is 4.73. The second-order valence-corrected chi connectivity index (χ2v) is 6.36. The molecule has 0 aliphatic heterocycles. The lowest BCUT2D eigenvalue weighted by Gasteiger charge is -2.11. The Labute approximate surface area is 135 Å². The first kappa shape index (κ1) is 17.0. The van der Waals surface area contributed by atoms with Crippen LogP contribution in [0.3, 0.4) is 0 Å². The van der Waals surface area contributed by atoms with Crippen molar-refractivity contribution in [3.8, 4) is 0 Å². The summed E-state index contributed by atoms with van der Waals surface area (Å²) in [6.45, 7) is 5.59. The number of carbonyl (C=O) groups excluding carboxylic acids is 2. The van der Waals surface area contributed by atoms with Gasteiger partial charge in [0.05, 0.1) is 0 Å². The second kappa shape index (κ2) is 6.40. The Morgan fingerprint density at radius 2 is 1.91 bits per heavy atom. The second-order valence-electron chi connectivity index (χ2n) is 6.36. The molecule has 1 aliphatic carbocycles. The molecule has 3 N–H and O–H groups in total. The molecule has 3 atom stereocenters. The van der Waals surface area contributed by atoms with Crippen molar-refractivity contribution in [2.75, 3.05) is 5.32 Å². The molecule has 0 saturated heterocycles. The zero-order chi connectivity index (χ0) is 17.2. The van der Waals surface area contributed by atoms with Crippen LogP contribution < -0.4 is 10.6 Å². The highest BCUT2D eigenvalue weighted by molar-refractivity contribution is 5.98. The Hall–Kier alpha value is -2.37. The van der Waals surface area contributed by atoms with Crippen molar-refractivity contribution >= 4 is 23.5 Å². The van der Waals surface area contributed by atoms with Crippen LogP contribution in [0.25, 0.3) is 0 Å². The van der Waals surface area contributed by atoms with E-state index in [2.05, 4.69) is 24.5 Å². The first-order chi connectivity index (χ1) is 10.8. The first-order valence-electron chi connectivity index (χ1n) is 7.71. The van der Waals surface area contributed by atoms with Gasteiger partial charge in [0.15, 0.2) is 0 Å². The highest BCUT2D eigenvalue weighted by atomic mass is 16.4. The number of carboxylic acid groups (broad SMARTS) is 1. The van der Waals surface area contributed by atoms with E-state index >= 15 is 0 Å². The maximum absolute atomic E-state index is 12.1. The lowest BCUT2D eigenvalue weighted by atomic mass is 10.0. The molecule has 0 radical (unpaired) electrons. The molecule has 1 aromatic rings. The molecule has 0 aromatic heterocycles. The molecule has 2 rings (SSSR count). The van der Waals surface area contributed by atoms with Crippen LogP contribution in [0.4, 0.5) is 5.69 Å². The van der Waals surface area contributed by atoms with E-state index in [9.17, 15) is 14.4 Å². The third-order valence-corrected chi connectivity index (χ3v) is 4.61. The van der Waals surface area contributed by atoms with Gasteiger partial charge in [-0.2, -0.15) is 0 Å². The highest BCUT2D eigenvalue weighted by Crippen LogP contribution is 2.55. The quantitative estimate of drug-likeness (QED) is 0.749. The minimum Gasteiger partial charge on any atom is -0.480 e. The molecule has 124 valence electrons. The van der Waals surface area contributed by atoms with Gasteiger partial charge < -0.3 is 15.7 Å². The van der Waals surface area contributed by atoms with Crippen LogP contribution in [0.2, 0.25) is 0 Å². The van der Waals surface area contributed by atoms with Crippen molar-refractivity contribution in [2.24, 2.45) is 11.3 Å². The van der Waals surface area contributed by atoms with Gasteiger partial charge in [-0.1, -0.05) is 13.8 Å². The smallest absolute Gasteiger partial charge is 0.325 e. The van der Waals surface area contributed by atoms with E-state index in [1.165, 1.54) is 6.92 Å². The Morgan fingerprint density at radius 3 is 2.39 bits per heavy atom. The number of aliphatic carboxylic acids is 1. The van der Waals surface area contributed by atoms with Gasteiger partial charge in [0, 0.05) is 17.2 Å². The average Bonchev–Trinajstić information content (AvgIpc) is 3.20. The van der Waals surface area contributed by atoms with Crippen molar-refractivity contribution in [3.63, 3.8) is 0 Å². The van der Waals surface area contributed by atoms with Gasteiger partial charge in [0.2, 0.25) is 5.91 Å². The highest BCUT2D eigenvalue weighted by Gasteiger charge is 2.52. The summed E-state index contributed by atoms with van der Waals surface area (Å²) in [5.74, 6) is -1.50. The van der Waals surface area contributed by atoms with E-state index in [0.717, 1.165) is 12.8 Å². The molecule has 1 fully saturated rings. The van der Waals surface area contributed by atoms with E-state index in [1.54, 1.807) is 24.3 Å². The van der Waals surface area contributed by atoms with Crippen LogP contribution in [0.1, 0.15) is 44.0 Å². The Morgan fingerprint density at radius 1 is 1.30 bits per heavy atom. The molecule has 0 heterocycles. The van der Waals surface area contributed by atoms with E-state index in [4.69, 9.17) is 5.11 Å². The van der Waals surface area contributed by atoms with Gasteiger partial charge in [-0.05, 0) is 49.4 Å². The van der Waals surface area contributed by atoms with Crippen molar-refractivity contribution in [2.45, 2.75) is 39.7 Å². The van der Waals surface area contributed by atoms with Gasteiger partial charge in [-0.25, -0.2) is 0 Å². The predicted octanol–water partition coefficient (Wildman–Crippen LogP) is 2.26. The van der Waals surface area contributed by atoms with Gasteiger partial charge in [-0.15, -0.1) is 0 Å². The number of amides is 2. The third-order valence-electron chi connectivity index (χ3n) is 4.61. The molecule has 6 heteroatoms. The first-order valence-corrected chi connectivity index (χ1v) is 7.71. The fraction of sp³-hybridized carbons (Fsp3) is 0.471. The summed E-state index contributed by atoms with van der Waals surface area (Å²) in [7, 11) is 0. The van der Waals surface area contributed by atoms with Crippen molar-refractivity contribution in [1.29, 1.82) is 0 Å². The molecule has 0 spiro atoms. The molecule has 23 heavy (non-hydrogen) atoms. The summed E-state index contributed by atoms with van der Waals surface area (Å²) in [5, 5.41) is 14.0. The number of carboxylic acids is 1. The van der Waals surface area contributed by atoms with Crippen LogP contribution in [-0.2, 0) is 9.59 Å². The SMILES string of the molecule is CCC1(C)CC1C(=O)Nc1ccc(C(=O)NC(C)C(=O)O)cc1. The number of hydrogen-bond acceptors (Lipinski definition) is 3. The van der Waals surface area contributed by atoms with Crippen molar-refractivity contribution in [3.05, 3.63) is 29.8 Å². The monoisotopic (exact) mass is 318 g/mol. The Bertz CT molecular complexity index is 626. The fourth-order valence-electron chi connectivity index (χ4n) is 2.48. The minimum atomic E-state index is -1.09. The number of benzene rings is 1. The molecular formula is C17H22N2O4. The normalized spacial score (nSPS) is 23.7. The zero-order valence-electron chi connectivity index (χ0n) is 13.6. The average molecular weight is 318 g/mol. The number of nitrogens with one attached hydrogen (secondary N) is 2. The van der Waals surface area contributed by atoms with Crippen LogP contribution in [0, 0.1) is 11.3 Å². The number of rotatable bonds is 6. The summed E-state index contributed by atoms with van der Waals surface area (Å²) in [6, 6.07) is 5.45. The van der Waals surface area contributed by atoms with E-state index in [0.29, 0.717) is 11.3 Å². The lowest BCUT2D eigenvalue weighted by molar-refractivity contribution is -0.138. The van der Waals surface area contributed by atoms with Crippen LogP contribution in [0.5, 0.6) is 0 Å². The summed E-state index contributed by atoms with van der Waals surface area (Å²) >= 11 is 0.